The molecule has 0 amide bonds. The minimum absolute atomic E-state index is 0.0253. The van der Waals surface area contributed by atoms with Crippen LogP contribution >= 0.6 is 31.9 Å². The van der Waals surface area contributed by atoms with Crippen molar-refractivity contribution in [1.82, 2.24) is 10.3 Å². The van der Waals surface area contributed by atoms with E-state index in [0.717, 1.165) is 78.1 Å². The number of aromatic carboxylic acids is 1. The second-order valence-electron chi connectivity index (χ2n) is 19.6. The number of carbonyl (C=O) groups excluding carboxylic acids is 1. The summed E-state index contributed by atoms with van der Waals surface area (Å²) < 4.78 is 38.9. The standard InChI is InChI=1S/C31H32BrNO2.C28H26BrNO3.O3S/c1-5-6-29(34)23-9-7-21(8-10-23)19-27(22-11-15-25(16-12-22)31(2,3)4)28-20-30(35-33-28)24-13-17-26(32)18-14-24;1-28(2,3)22-12-8-19(9-13-22)24(16-18-4-6-21(7-5-18)27(31)32)25-17-26(33-30-25)20-10-14-23(29)15-11-20;1-4(2)3/h7-18,20,27H,5-6,19H2,1-4H3;4-15,17,24H,16H2,1-3H3,(H,31,32);. The average molecular weight is 1110 g/mol. The molecule has 6 aromatic carbocycles. The lowest BCUT2D eigenvalue weighted by Gasteiger charge is -2.21. The van der Waals surface area contributed by atoms with Gasteiger partial charge in [-0.1, -0.05) is 200 Å². The molecule has 0 saturated heterocycles. The smallest absolute Gasteiger partial charge is 0.425 e. The Labute approximate surface area is 440 Å². The Kier molecular flexibility index (Phi) is 18.8. The summed E-state index contributed by atoms with van der Waals surface area (Å²) >= 11 is 6.95. The number of hydrogen-bond donors (Lipinski definition) is 1. The Bertz CT molecular complexity index is 3150. The Morgan fingerprint density at radius 2 is 0.889 bits per heavy atom. The minimum Gasteiger partial charge on any atom is -0.478 e. The highest BCUT2D eigenvalue weighted by Crippen LogP contribution is 2.35. The van der Waals surface area contributed by atoms with Crippen molar-refractivity contribution in [3.63, 3.8) is 0 Å². The summed E-state index contributed by atoms with van der Waals surface area (Å²) in [6.07, 6.45) is 2.89. The first-order valence-corrected chi connectivity index (χ1v) is 26.1. The lowest BCUT2D eigenvalue weighted by atomic mass is 9.83. The third kappa shape index (κ3) is 15.5. The van der Waals surface area contributed by atoms with E-state index in [-0.39, 0.29) is 34.0 Å². The van der Waals surface area contributed by atoms with Gasteiger partial charge in [-0.15, -0.1) is 12.6 Å². The molecule has 0 fully saturated rings. The van der Waals surface area contributed by atoms with Gasteiger partial charge in [-0.05, 0) is 99.9 Å². The van der Waals surface area contributed by atoms with Gasteiger partial charge < -0.3 is 14.2 Å². The number of carbonyl (C=O) groups is 2. The molecule has 0 aliphatic rings. The number of hydrogen-bond acceptors (Lipinski definition) is 9. The van der Waals surface area contributed by atoms with Crippen molar-refractivity contribution in [1.29, 1.82) is 0 Å². The van der Waals surface area contributed by atoms with Crippen molar-refractivity contribution >= 4 is 54.2 Å². The van der Waals surface area contributed by atoms with E-state index in [1.165, 1.54) is 16.7 Å². The molecule has 2 atom stereocenters. The molecule has 2 aromatic heterocycles. The number of nitrogens with zero attached hydrogens (tertiary/aromatic N) is 2. The fourth-order valence-electron chi connectivity index (χ4n) is 8.08. The first-order chi connectivity index (χ1) is 34.2. The van der Waals surface area contributed by atoms with E-state index in [1.807, 2.05) is 91.9 Å². The van der Waals surface area contributed by atoms with Gasteiger partial charge >= 0.3 is 16.6 Å². The number of halogens is 2. The topological polar surface area (TPSA) is 158 Å². The zero-order chi connectivity index (χ0) is 52.2. The first kappa shape index (κ1) is 54.8. The lowest BCUT2D eigenvalue weighted by Crippen LogP contribution is -2.12. The van der Waals surface area contributed by atoms with Crippen molar-refractivity contribution in [2.45, 2.75) is 96.8 Å². The molecule has 0 bridgehead atoms. The number of aromatic nitrogens is 2. The monoisotopic (exact) mass is 1110 g/mol. The van der Waals surface area contributed by atoms with E-state index in [1.54, 1.807) is 12.1 Å². The zero-order valence-corrected chi connectivity index (χ0v) is 45.3. The van der Waals surface area contributed by atoms with E-state index in [0.29, 0.717) is 12.8 Å². The first-order valence-electron chi connectivity index (χ1n) is 23.6. The number of carboxylic acid groups (broad SMARTS) is 1. The van der Waals surface area contributed by atoms with E-state index in [9.17, 15) is 14.7 Å². The van der Waals surface area contributed by atoms with E-state index in [4.69, 9.17) is 21.7 Å². The summed E-state index contributed by atoms with van der Waals surface area (Å²) in [6, 6.07) is 52.6. The van der Waals surface area contributed by atoms with Crippen LogP contribution in [0.1, 0.15) is 139 Å². The molecule has 1 N–H and O–H groups in total. The van der Waals surface area contributed by atoms with Crippen LogP contribution in [-0.2, 0) is 34.3 Å². The van der Waals surface area contributed by atoms with E-state index >= 15 is 0 Å². The number of carboxylic acids is 1. The molecule has 10 nitrogen and oxygen atoms in total. The van der Waals surface area contributed by atoms with Gasteiger partial charge in [0.1, 0.15) is 0 Å². The summed E-state index contributed by atoms with van der Waals surface area (Å²) in [5.74, 6) is 0.756. The Balaban J connectivity index is 0.000000219. The van der Waals surface area contributed by atoms with Crippen LogP contribution in [0, 0.1) is 0 Å². The number of ketones is 1. The summed E-state index contributed by atoms with van der Waals surface area (Å²) in [5, 5.41) is 18.1. The molecular formula is C59H58Br2N2O8S. The number of Topliss-reactive ketones (excluding diaryl/α,β-unsaturated/α-hetero) is 1. The van der Waals surface area contributed by atoms with Crippen LogP contribution in [0.5, 0.6) is 0 Å². The SMILES string of the molecule is CC(C)(C)c1ccc(C(Cc2ccc(C(=O)O)cc2)c2cc(-c3ccc(Br)cc3)on2)cc1.CCCC(=O)c1ccc(CC(c2ccc(C(C)(C)C)cc2)c2cc(-c3ccc(Br)cc3)on2)cc1.O=S(=O)=O. The molecule has 2 heterocycles. The number of benzene rings is 6. The zero-order valence-electron chi connectivity index (χ0n) is 41.4. The van der Waals surface area contributed by atoms with Crippen LogP contribution in [0.3, 0.4) is 0 Å². The molecule has 0 radical (unpaired) electrons. The normalized spacial score (nSPS) is 12.1. The minimum atomic E-state index is -3.11. The third-order valence-corrected chi connectivity index (χ3v) is 13.3. The van der Waals surface area contributed by atoms with Crippen LogP contribution in [0.4, 0.5) is 0 Å². The highest BCUT2D eigenvalue weighted by Gasteiger charge is 2.24. The molecule has 0 spiro atoms. The molecule has 13 heteroatoms. The van der Waals surface area contributed by atoms with Crippen molar-refractivity contribution in [2.75, 3.05) is 0 Å². The molecule has 8 aromatic rings. The van der Waals surface area contributed by atoms with Crippen molar-refractivity contribution in [3.8, 4) is 22.6 Å². The van der Waals surface area contributed by atoms with Gasteiger partial charge in [-0.2, -0.15) is 0 Å². The lowest BCUT2D eigenvalue weighted by molar-refractivity contribution is 0.0696. The van der Waals surface area contributed by atoms with Crippen LogP contribution in [0.2, 0.25) is 0 Å². The van der Waals surface area contributed by atoms with Crippen LogP contribution in [0.25, 0.3) is 22.6 Å². The predicted molar refractivity (Wildman–Crippen MR) is 289 cm³/mol. The van der Waals surface area contributed by atoms with Gasteiger partial charge in [0.05, 0.1) is 17.0 Å². The highest BCUT2D eigenvalue weighted by molar-refractivity contribution is 9.10. The second-order valence-corrected chi connectivity index (χ2v) is 21.8. The van der Waals surface area contributed by atoms with E-state index in [2.05, 4.69) is 144 Å². The van der Waals surface area contributed by atoms with Crippen LogP contribution in [-0.4, -0.2) is 39.8 Å². The Morgan fingerprint density at radius 3 is 1.21 bits per heavy atom. The van der Waals surface area contributed by atoms with Crippen molar-refractivity contribution in [3.05, 3.63) is 223 Å². The van der Waals surface area contributed by atoms with Gasteiger partial charge in [0, 0.05) is 56.0 Å². The van der Waals surface area contributed by atoms with E-state index < -0.39 is 16.6 Å². The molecule has 0 saturated carbocycles. The van der Waals surface area contributed by atoms with Gasteiger partial charge in [-0.3, -0.25) is 4.79 Å². The molecular weight excluding hydrogens is 1060 g/mol. The summed E-state index contributed by atoms with van der Waals surface area (Å²) in [7, 11) is -3.11. The van der Waals surface area contributed by atoms with Crippen molar-refractivity contribution < 1.29 is 36.4 Å². The molecule has 8 rings (SSSR count). The third-order valence-electron chi connectivity index (χ3n) is 12.2. The largest absolute Gasteiger partial charge is 0.478 e. The maximum atomic E-state index is 12.3. The molecule has 2 unspecified atom stereocenters. The van der Waals surface area contributed by atoms with Crippen molar-refractivity contribution in [2.24, 2.45) is 0 Å². The average Bonchev–Trinajstić information content (AvgIpc) is 4.05. The highest BCUT2D eigenvalue weighted by atomic mass is 79.9. The molecule has 372 valence electrons. The predicted octanol–water partition coefficient (Wildman–Crippen LogP) is 15.2. The molecule has 0 aliphatic heterocycles. The van der Waals surface area contributed by atoms with Crippen LogP contribution in [0.15, 0.2) is 176 Å². The second kappa shape index (κ2) is 24.7. The summed E-state index contributed by atoms with van der Waals surface area (Å²) in [4.78, 5) is 23.5. The summed E-state index contributed by atoms with van der Waals surface area (Å²) in [6.45, 7) is 15.3. The van der Waals surface area contributed by atoms with Gasteiger partial charge in [0.25, 0.3) is 0 Å². The maximum Gasteiger partial charge on any atom is 0.425 e. The van der Waals surface area contributed by atoms with Crippen LogP contribution < -0.4 is 0 Å². The quantitative estimate of drug-likeness (QED) is 0.104. The Hall–Kier alpha value is -6.54. The maximum absolute atomic E-state index is 12.3. The van der Waals surface area contributed by atoms with Gasteiger partial charge in [-0.25, -0.2) is 4.79 Å². The van der Waals surface area contributed by atoms with Gasteiger partial charge in [0.15, 0.2) is 17.3 Å². The summed E-state index contributed by atoms with van der Waals surface area (Å²) in [5.41, 5.74) is 12.0. The molecule has 72 heavy (non-hydrogen) atoms. The fraction of sp³-hybridized carbons (Fsp3) is 0.254. The Morgan fingerprint density at radius 1 is 0.542 bits per heavy atom. The fourth-order valence-corrected chi connectivity index (χ4v) is 8.61. The number of rotatable bonds is 14. The molecule has 0 aliphatic carbocycles. The van der Waals surface area contributed by atoms with Gasteiger partial charge in [0.2, 0.25) is 0 Å².